The predicted octanol–water partition coefficient (Wildman–Crippen LogP) is 4.59. The topological polar surface area (TPSA) is 71.8 Å². The maximum atomic E-state index is 12.1. The van der Waals surface area contributed by atoms with Gasteiger partial charge in [-0.15, -0.1) is 6.58 Å². The van der Waals surface area contributed by atoms with E-state index in [1.807, 2.05) is 30.3 Å². The van der Waals surface area contributed by atoms with Gasteiger partial charge in [0.1, 0.15) is 5.58 Å². The van der Waals surface area contributed by atoms with Crippen LogP contribution in [0.5, 0.6) is 0 Å². The SMILES string of the molecule is C=CCN(CCc1ccccc1)Cc1cc(=O)oc2cc(NC(=O)OCC)ccc12. The molecule has 0 saturated heterocycles. The summed E-state index contributed by atoms with van der Waals surface area (Å²) in [5, 5.41) is 3.46. The lowest BCUT2D eigenvalue weighted by Crippen LogP contribution is -2.26. The Morgan fingerprint density at radius 3 is 2.73 bits per heavy atom. The van der Waals surface area contributed by atoms with E-state index >= 15 is 0 Å². The van der Waals surface area contributed by atoms with E-state index in [0.717, 1.165) is 23.9 Å². The molecule has 0 fully saturated rings. The Hall–Kier alpha value is -3.38. The molecule has 0 bridgehead atoms. The van der Waals surface area contributed by atoms with Crippen molar-refractivity contribution in [3.63, 3.8) is 0 Å². The van der Waals surface area contributed by atoms with E-state index in [9.17, 15) is 9.59 Å². The number of hydrogen-bond donors (Lipinski definition) is 1. The average molecular weight is 406 g/mol. The van der Waals surface area contributed by atoms with E-state index in [1.165, 1.54) is 11.6 Å². The van der Waals surface area contributed by atoms with Crippen molar-refractivity contribution in [3.05, 3.63) is 88.8 Å². The lowest BCUT2D eigenvalue weighted by atomic mass is 10.1. The second kappa shape index (κ2) is 10.4. The van der Waals surface area contributed by atoms with Gasteiger partial charge in [-0.25, -0.2) is 9.59 Å². The fraction of sp³-hybridized carbons (Fsp3) is 0.250. The molecule has 2 aromatic carbocycles. The summed E-state index contributed by atoms with van der Waals surface area (Å²) in [5.41, 5.74) is 2.65. The second-order valence-corrected chi connectivity index (χ2v) is 6.91. The molecule has 3 aromatic rings. The van der Waals surface area contributed by atoms with Crippen LogP contribution in [0.3, 0.4) is 0 Å². The summed E-state index contributed by atoms with van der Waals surface area (Å²) in [6.07, 6.45) is 2.22. The van der Waals surface area contributed by atoms with Crippen molar-refractivity contribution in [1.29, 1.82) is 0 Å². The summed E-state index contributed by atoms with van der Waals surface area (Å²) in [5.74, 6) is 0. The third-order valence-corrected chi connectivity index (χ3v) is 4.69. The molecule has 0 unspecified atom stereocenters. The molecule has 3 rings (SSSR count). The van der Waals surface area contributed by atoms with Crippen LogP contribution in [-0.2, 0) is 17.7 Å². The smallest absolute Gasteiger partial charge is 0.411 e. The van der Waals surface area contributed by atoms with Gasteiger partial charge in [-0.05, 0) is 36.6 Å². The van der Waals surface area contributed by atoms with Gasteiger partial charge in [0.25, 0.3) is 0 Å². The van der Waals surface area contributed by atoms with Crippen molar-refractivity contribution in [2.75, 3.05) is 25.0 Å². The van der Waals surface area contributed by atoms with Gasteiger partial charge >= 0.3 is 11.7 Å². The summed E-state index contributed by atoms with van der Waals surface area (Å²) < 4.78 is 10.3. The normalized spacial score (nSPS) is 10.9. The van der Waals surface area contributed by atoms with Gasteiger partial charge in [-0.2, -0.15) is 0 Å². The van der Waals surface area contributed by atoms with Gasteiger partial charge in [0.2, 0.25) is 0 Å². The van der Waals surface area contributed by atoms with Gasteiger partial charge in [-0.3, -0.25) is 10.2 Å². The largest absolute Gasteiger partial charge is 0.450 e. The minimum Gasteiger partial charge on any atom is -0.450 e. The first-order valence-electron chi connectivity index (χ1n) is 9.96. The minimum absolute atomic E-state index is 0.279. The van der Waals surface area contributed by atoms with E-state index in [2.05, 4.69) is 28.9 Å². The van der Waals surface area contributed by atoms with Gasteiger partial charge < -0.3 is 9.15 Å². The molecule has 30 heavy (non-hydrogen) atoms. The van der Waals surface area contributed by atoms with Crippen LogP contribution in [0.4, 0.5) is 10.5 Å². The van der Waals surface area contributed by atoms with Crippen LogP contribution in [0.25, 0.3) is 11.0 Å². The predicted molar refractivity (Wildman–Crippen MR) is 119 cm³/mol. The molecule has 6 heteroatoms. The molecule has 0 aliphatic carbocycles. The number of rotatable bonds is 9. The maximum absolute atomic E-state index is 12.1. The quantitative estimate of drug-likeness (QED) is 0.416. The molecule has 0 radical (unpaired) electrons. The fourth-order valence-electron chi connectivity index (χ4n) is 3.31. The number of fused-ring (bicyclic) bond motifs is 1. The number of nitrogens with one attached hydrogen (secondary N) is 1. The summed E-state index contributed by atoms with van der Waals surface area (Å²) in [6, 6.07) is 17.1. The number of ether oxygens (including phenoxy) is 1. The first kappa shape index (κ1) is 21.3. The molecular weight excluding hydrogens is 380 g/mol. The van der Waals surface area contributed by atoms with E-state index in [-0.39, 0.29) is 6.61 Å². The minimum atomic E-state index is -0.548. The van der Waals surface area contributed by atoms with Crippen molar-refractivity contribution in [1.82, 2.24) is 4.90 Å². The molecule has 0 aliphatic rings. The molecular formula is C24H26N2O4. The highest BCUT2D eigenvalue weighted by molar-refractivity contribution is 5.89. The number of anilines is 1. The Morgan fingerprint density at radius 1 is 1.20 bits per heavy atom. The molecule has 156 valence electrons. The molecule has 0 saturated carbocycles. The number of amides is 1. The number of hydrogen-bond acceptors (Lipinski definition) is 5. The first-order valence-corrected chi connectivity index (χ1v) is 9.96. The van der Waals surface area contributed by atoms with Crippen LogP contribution in [-0.4, -0.2) is 30.7 Å². The van der Waals surface area contributed by atoms with Gasteiger partial charge in [0.05, 0.1) is 6.61 Å². The summed E-state index contributed by atoms with van der Waals surface area (Å²) in [6.45, 7) is 8.00. The van der Waals surface area contributed by atoms with Crippen LogP contribution >= 0.6 is 0 Å². The third kappa shape index (κ3) is 5.81. The number of carbonyl (C=O) groups is 1. The number of nitrogens with zero attached hydrogens (tertiary/aromatic N) is 1. The lowest BCUT2D eigenvalue weighted by molar-refractivity contribution is 0.168. The van der Waals surface area contributed by atoms with Crippen LogP contribution < -0.4 is 10.9 Å². The van der Waals surface area contributed by atoms with Crippen molar-refractivity contribution in [2.45, 2.75) is 19.9 Å². The monoisotopic (exact) mass is 406 g/mol. The van der Waals surface area contributed by atoms with Crippen LogP contribution in [0.1, 0.15) is 18.1 Å². The van der Waals surface area contributed by atoms with Crippen molar-refractivity contribution in [2.24, 2.45) is 0 Å². The Labute approximate surface area is 175 Å². The van der Waals surface area contributed by atoms with E-state index in [1.54, 1.807) is 19.1 Å². The number of carbonyl (C=O) groups excluding carboxylic acids is 1. The first-order chi connectivity index (χ1) is 14.6. The highest BCUT2D eigenvalue weighted by Crippen LogP contribution is 2.23. The van der Waals surface area contributed by atoms with Gasteiger partial charge in [-0.1, -0.05) is 36.4 Å². The standard InChI is InChI=1S/C24H26N2O4/c1-3-13-26(14-12-18-8-6-5-7-9-18)17-19-15-23(27)30-22-16-20(10-11-21(19)22)25-24(28)29-4-2/h3,5-11,15-16H,1,4,12-14,17H2,2H3,(H,25,28). The Kier molecular flexibility index (Phi) is 7.40. The molecule has 0 atom stereocenters. The van der Waals surface area contributed by atoms with Crippen molar-refractivity contribution >= 4 is 22.7 Å². The van der Waals surface area contributed by atoms with Crippen molar-refractivity contribution < 1.29 is 13.9 Å². The Balaban J connectivity index is 1.81. The molecule has 1 N–H and O–H groups in total. The zero-order chi connectivity index (χ0) is 21.3. The van der Waals surface area contributed by atoms with Crippen LogP contribution in [0, 0.1) is 0 Å². The zero-order valence-corrected chi connectivity index (χ0v) is 17.1. The fourth-order valence-corrected chi connectivity index (χ4v) is 3.31. The third-order valence-electron chi connectivity index (χ3n) is 4.69. The van der Waals surface area contributed by atoms with E-state index in [4.69, 9.17) is 9.15 Å². The molecule has 0 spiro atoms. The van der Waals surface area contributed by atoms with E-state index in [0.29, 0.717) is 24.4 Å². The molecule has 1 aromatic heterocycles. The Bertz CT molecular complexity index is 1060. The van der Waals surface area contributed by atoms with E-state index < -0.39 is 11.7 Å². The molecule has 1 heterocycles. The number of benzene rings is 2. The molecule has 1 amide bonds. The average Bonchev–Trinajstić information content (AvgIpc) is 2.72. The lowest BCUT2D eigenvalue weighted by Gasteiger charge is -2.21. The summed E-state index contributed by atoms with van der Waals surface area (Å²) in [4.78, 5) is 26.0. The van der Waals surface area contributed by atoms with Crippen LogP contribution in [0.15, 0.2) is 76.5 Å². The summed E-state index contributed by atoms with van der Waals surface area (Å²) >= 11 is 0. The summed E-state index contributed by atoms with van der Waals surface area (Å²) in [7, 11) is 0. The Morgan fingerprint density at radius 2 is 2.00 bits per heavy atom. The zero-order valence-electron chi connectivity index (χ0n) is 17.1. The highest BCUT2D eigenvalue weighted by atomic mass is 16.5. The van der Waals surface area contributed by atoms with Gasteiger partial charge in [0.15, 0.2) is 0 Å². The highest BCUT2D eigenvalue weighted by Gasteiger charge is 2.12. The van der Waals surface area contributed by atoms with Crippen molar-refractivity contribution in [3.8, 4) is 0 Å². The molecule has 0 aliphatic heterocycles. The second-order valence-electron chi connectivity index (χ2n) is 6.91. The van der Waals surface area contributed by atoms with Gasteiger partial charge in [0, 0.05) is 42.8 Å². The molecule has 6 nitrogen and oxygen atoms in total. The maximum Gasteiger partial charge on any atom is 0.411 e. The van der Waals surface area contributed by atoms with Crippen LogP contribution in [0.2, 0.25) is 0 Å².